The van der Waals surface area contributed by atoms with Gasteiger partial charge in [-0.1, -0.05) is 12.2 Å². The molecule has 0 radical (unpaired) electrons. The first kappa shape index (κ1) is 10.1. The first-order chi connectivity index (χ1) is 7.83. The van der Waals surface area contributed by atoms with Crippen LogP contribution in [-0.4, -0.2) is 0 Å². The third-order valence-corrected chi connectivity index (χ3v) is 4.86. The summed E-state index contributed by atoms with van der Waals surface area (Å²) in [6.07, 6.45) is 4.35. The van der Waals surface area contributed by atoms with Crippen LogP contribution in [0.5, 0.6) is 0 Å². The molecule has 2 aromatic heterocycles. The topological polar surface area (TPSA) is 0 Å². The van der Waals surface area contributed by atoms with Gasteiger partial charge in [0.25, 0.3) is 0 Å². The van der Waals surface area contributed by atoms with E-state index in [-0.39, 0.29) is 0 Å². The summed E-state index contributed by atoms with van der Waals surface area (Å²) in [6.45, 7) is 4.31. The Balaban J connectivity index is 2.60. The highest BCUT2D eigenvalue weighted by Crippen LogP contribution is 2.38. The molecule has 0 nitrogen and oxygen atoms in total. The number of rotatable bonds is 1. The summed E-state index contributed by atoms with van der Waals surface area (Å²) in [5.41, 5.74) is 2.79. The molecule has 2 heterocycles. The number of fused-ring (bicyclic) bond motifs is 3. The molecule has 0 amide bonds. The van der Waals surface area contributed by atoms with E-state index in [1.165, 1.54) is 31.3 Å². The van der Waals surface area contributed by atoms with Gasteiger partial charge in [-0.15, -0.1) is 22.7 Å². The van der Waals surface area contributed by atoms with E-state index < -0.39 is 0 Å². The minimum absolute atomic E-state index is 1.39. The second-order valence-corrected chi connectivity index (χ2v) is 5.70. The molecule has 80 valence electrons. The highest BCUT2D eigenvalue weighted by atomic mass is 32.1. The zero-order chi connectivity index (χ0) is 11.1. The molecule has 0 aliphatic carbocycles. The molecule has 0 aliphatic rings. The Morgan fingerprint density at radius 1 is 1.00 bits per heavy atom. The van der Waals surface area contributed by atoms with Crippen LogP contribution in [-0.2, 0) is 0 Å². The Labute approximate surface area is 103 Å². The van der Waals surface area contributed by atoms with Gasteiger partial charge in [-0.2, -0.15) is 0 Å². The largest absolute Gasteiger partial charge is 0.143 e. The van der Waals surface area contributed by atoms with Crippen molar-refractivity contribution in [2.45, 2.75) is 13.8 Å². The van der Waals surface area contributed by atoms with Crippen LogP contribution in [0.3, 0.4) is 0 Å². The Morgan fingerprint density at radius 2 is 1.69 bits per heavy atom. The van der Waals surface area contributed by atoms with Gasteiger partial charge in [-0.05, 0) is 53.3 Å². The summed E-state index contributed by atoms with van der Waals surface area (Å²) < 4.78 is 2.85. The third-order valence-electron chi connectivity index (χ3n) is 2.96. The van der Waals surface area contributed by atoms with Crippen molar-refractivity contribution in [2.75, 3.05) is 0 Å². The SMILES string of the molecule is C/C=C\c1c(C)c2ccsc2c2ccsc12. The molecule has 0 bridgehead atoms. The smallest absolute Gasteiger partial charge is 0.0432 e. The monoisotopic (exact) mass is 244 g/mol. The van der Waals surface area contributed by atoms with Gasteiger partial charge in [0.05, 0.1) is 0 Å². The molecule has 2 heteroatoms. The molecule has 0 atom stereocenters. The predicted octanol–water partition coefficient (Wildman–Crippen LogP) is 5.46. The van der Waals surface area contributed by atoms with Crippen molar-refractivity contribution in [3.8, 4) is 0 Å². The van der Waals surface area contributed by atoms with Crippen molar-refractivity contribution in [1.82, 2.24) is 0 Å². The summed E-state index contributed by atoms with van der Waals surface area (Å²) in [5, 5.41) is 7.20. The lowest BCUT2D eigenvalue weighted by molar-refractivity contribution is 1.54. The first-order valence-corrected chi connectivity index (χ1v) is 7.08. The predicted molar refractivity (Wildman–Crippen MR) is 76.7 cm³/mol. The van der Waals surface area contributed by atoms with Crippen LogP contribution in [0.4, 0.5) is 0 Å². The fourth-order valence-electron chi connectivity index (χ4n) is 2.19. The minimum Gasteiger partial charge on any atom is -0.143 e. The van der Waals surface area contributed by atoms with Gasteiger partial charge >= 0.3 is 0 Å². The number of aryl methyl sites for hydroxylation is 1. The average molecular weight is 244 g/mol. The highest BCUT2D eigenvalue weighted by molar-refractivity contribution is 7.21. The molecule has 0 fully saturated rings. The van der Waals surface area contributed by atoms with Gasteiger partial charge in [0.15, 0.2) is 0 Å². The Kier molecular flexibility index (Phi) is 2.34. The zero-order valence-corrected chi connectivity index (χ0v) is 10.9. The molecule has 3 rings (SSSR count). The molecule has 0 unspecified atom stereocenters. The van der Waals surface area contributed by atoms with E-state index in [2.05, 4.69) is 48.9 Å². The molecular weight excluding hydrogens is 232 g/mol. The Bertz CT molecular complexity index is 683. The number of allylic oxidation sites excluding steroid dienone is 1. The Morgan fingerprint density at radius 3 is 2.44 bits per heavy atom. The van der Waals surface area contributed by atoms with Gasteiger partial charge in [-0.3, -0.25) is 0 Å². The maximum atomic E-state index is 2.24. The third kappa shape index (κ3) is 1.27. The average Bonchev–Trinajstić information content (AvgIpc) is 2.90. The summed E-state index contributed by atoms with van der Waals surface area (Å²) in [5.74, 6) is 0. The van der Waals surface area contributed by atoms with Crippen molar-refractivity contribution < 1.29 is 0 Å². The van der Waals surface area contributed by atoms with E-state index in [0.29, 0.717) is 0 Å². The van der Waals surface area contributed by atoms with Gasteiger partial charge in [0.1, 0.15) is 0 Å². The van der Waals surface area contributed by atoms with Crippen LogP contribution in [0.2, 0.25) is 0 Å². The summed E-state index contributed by atoms with van der Waals surface area (Å²) in [7, 11) is 0. The standard InChI is InChI=1S/C14H12S2/c1-3-4-10-9(2)11-5-7-15-14(11)12-6-8-16-13(10)12/h3-8H,1-2H3/b4-3-. The van der Waals surface area contributed by atoms with Crippen molar-refractivity contribution in [2.24, 2.45) is 0 Å². The van der Waals surface area contributed by atoms with E-state index in [9.17, 15) is 0 Å². The zero-order valence-electron chi connectivity index (χ0n) is 9.28. The van der Waals surface area contributed by atoms with Gasteiger partial charge < -0.3 is 0 Å². The summed E-state index contributed by atoms with van der Waals surface area (Å²) >= 11 is 3.69. The number of thiophene rings is 2. The van der Waals surface area contributed by atoms with Crippen molar-refractivity contribution >= 4 is 48.9 Å². The van der Waals surface area contributed by atoms with Gasteiger partial charge in [0.2, 0.25) is 0 Å². The fourth-order valence-corrected chi connectivity index (χ4v) is 4.23. The van der Waals surface area contributed by atoms with E-state index >= 15 is 0 Å². The number of benzene rings is 1. The van der Waals surface area contributed by atoms with Crippen LogP contribution in [0.15, 0.2) is 29.0 Å². The van der Waals surface area contributed by atoms with Crippen LogP contribution < -0.4 is 0 Å². The fraction of sp³-hybridized carbons (Fsp3) is 0.143. The Hall–Kier alpha value is -1.12. The maximum Gasteiger partial charge on any atom is 0.0432 e. The van der Waals surface area contributed by atoms with Crippen molar-refractivity contribution in [3.63, 3.8) is 0 Å². The lowest BCUT2D eigenvalue weighted by Gasteiger charge is -2.05. The van der Waals surface area contributed by atoms with E-state index in [4.69, 9.17) is 0 Å². The molecule has 0 saturated heterocycles. The van der Waals surface area contributed by atoms with Crippen molar-refractivity contribution in [1.29, 1.82) is 0 Å². The lowest BCUT2D eigenvalue weighted by atomic mass is 10.0. The van der Waals surface area contributed by atoms with Crippen molar-refractivity contribution in [3.05, 3.63) is 40.1 Å². The number of hydrogen-bond donors (Lipinski definition) is 0. The second kappa shape index (κ2) is 3.72. The molecule has 3 aromatic rings. The van der Waals surface area contributed by atoms with Crippen LogP contribution >= 0.6 is 22.7 Å². The van der Waals surface area contributed by atoms with Gasteiger partial charge in [0, 0.05) is 14.8 Å². The molecule has 0 aliphatic heterocycles. The van der Waals surface area contributed by atoms with Crippen LogP contribution in [0.25, 0.3) is 26.2 Å². The maximum absolute atomic E-state index is 2.24. The van der Waals surface area contributed by atoms with E-state index in [1.54, 1.807) is 0 Å². The molecule has 1 aromatic carbocycles. The summed E-state index contributed by atoms with van der Waals surface area (Å²) in [6, 6.07) is 4.48. The van der Waals surface area contributed by atoms with E-state index in [1.807, 2.05) is 22.7 Å². The van der Waals surface area contributed by atoms with Gasteiger partial charge in [-0.25, -0.2) is 0 Å². The normalized spacial score (nSPS) is 12.1. The molecule has 16 heavy (non-hydrogen) atoms. The molecular formula is C14H12S2. The number of hydrogen-bond acceptors (Lipinski definition) is 2. The summed E-state index contributed by atoms with van der Waals surface area (Å²) in [4.78, 5) is 0. The first-order valence-electron chi connectivity index (χ1n) is 5.32. The molecule has 0 saturated carbocycles. The van der Waals surface area contributed by atoms with E-state index in [0.717, 1.165) is 0 Å². The van der Waals surface area contributed by atoms with Crippen LogP contribution in [0.1, 0.15) is 18.1 Å². The quantitative estimate of drug-likeness (QED) is 0.533. The molecule has 0 N–H and O–H groups in total. The highest BCUT2D eigenvalue weighted by Gasteiger charge is 2.11. The second-order valence-electron chi connectivity index (χ2n) is 3.87. The van der Waals surface area contributed by atoms with Crippen LogP contribution in [0, 0.1) is 6.92 Å². The molecule has 0 spiro atoms. The lowest BCUT2D eigenvalue weighted by Crippen LogP contribution is -1.82. The minimum atomic E-state index is 1.39.